The molecule has 0 unspecified atom stereocenters. The highest BCUT2D eigenvalue weighted by molar-refractivity contribution is 5.98. The van der Waals surface area contributed by atoms with Crippen LogP contribution < -0.4 is 16.4 Å². The fraction of sp³-hybridized carbons (Fsp3) is 0.300. The van der Waals surface area contributed by atoms with Crippen molar-refractivity contribution >= 4 is 29.0 Å². The van der Waals surface area contributed by atoms with Crippen molar-refractivity contribution in [3.63, 3.8) is 0 Å². The van der Waals surface area contributed by atoms with Gasteiger partial charge in [0.05, 0.1) is 23.1 Å². The van der Waals surface area contributed by atoms with Gasteiger partial charge in [-0.15, -0.1) is 0 Å². The summed E-state index contributed by atoms with van der Waals surface area (Å²) in [7, 11) is 0. The minimum absolute atomic E-state index is 0.0613. The molecule has 0 atom stereocenters. The standard InChI is InChI=1S/C20H24FN7O/c1-5-12-7-6-8-15(21)16(12)26-18-14(17(22)29)10-23-19(27-18)25-13-9-24-28(11-13)20(2,3)4/h6-11H,5H2,1-4H3,(H2,22,29)(H2,23,25,26,27). The first-order valence-corrected chi connectivity index (χ1v) is 9.22. The van der Waals surface area contributed by atoms with Crippen LogP contribution in [0.1, 0.15) is 43.6 Å². The number of primary amides is 1. The lowest BCUT2D eigenvalue weighted by atomic mass is 10.1. The molecule has 152 valence electrons. The van der Waals surface area contributed by atoms with E-state index in [4.69, 9.17) is 5.73 Å². The van der Waals surface area contributed by atoms with Crippen molar-refractivity contribution in [3.05, 3.63) is 53.7 Å². The van der Waals surface area contributed by atoms with Crippen LogP contribution in [0, 0.1) is 5.82 Å². The van der Waals surface area contributed by atoms with E-state index in [1.807, 2.05) is 33.9 Å². The lowest BCUT2D eigenvalue weighted by Gasteiger charge is -2.18. The predicted molar refractivity (Wildman–Crippen MR) is 110 cm³/mol. The van der Waals surface area contributed by atoms with Gasteiger partial charge < -0.3 is 16.4 Å². The predicted octanol–water partition coefficient (Wildman–Crippen LogP) is 3.72. The number of rotatable bonds is 6. The fourth-order valence-electron chi connectivity index (χ4n) is 2.72. The first-order chi connectivity index (χ1) is 13.7. The van der Waals surface area contributed by atoms with Gasteiger partial charge in [-0.2, -0.15) is 10.1 Å². The van der Waals surface area contributed by atoms with Crippen molar-refractivity contribution in [1.29, 1.82) is 0 Å². The summed E-state index contributed by atoms with van der Waals surface area (Å²) in [5, 5.41) is 10.3. The molecule has 3 aromatic rings. The second-order valence-electron chi connectivity index (χ2n) is 7.54. The van der Waals surface area contributed by atoms with Crippen molar-refractivity contribution in [3.8, 4) is 0 Å². The number of aromatic nitrogens is 4. The first kappa shape index (κ1) is 20.2. The number of hydrogen-bond donors (Lipinski definition) is 3. The summed E-state index contributed by atoms with van der Waals surface area (Å²) < 4.78 is 16.2. The molecule has 0 fully saturated rings. The normalized spacial score (nSPS) is 11.3. The topological polar surface area (TPSA) is 111 Å². The molecular formula is C20H24FN7O. The number of halogens is 1. The molecule has 2 aromatic heterocycles. The molecule has 0 aliphatic heterocycles. The molecule has 0 aliphatic rings. The van der Waals surface area contributed by atoms with E-state index in [2.05, 4.69) is 25.7 Å². The number of amides is 1. The van der Waals surface area contributed by atoms with Crippen molar-refractivity contribution in [2.24, 2.45) is 5.73 Å². The van der Waals surface area contributed by atoms with E-state index in [0.717, 1.165) is 5.56 Å². The zero-order valence-corrected chi connectivity index (χ0v) is 16.8. The number of aryl methyl sites for hydroxylation is 1. The van der Waals surface area contributed by atoms with Crippen molar-refractivity contribution in [2.75, 3.05) is 10.6 Å². The number of hydrogen-bond acceptors (Lipinski definition) is 6. The van der Waals surface area contributed by atoms with Crippen LogP contribution in [-0.2, 0) is 12.0 Å². The molecule has 0 radical (unpaired) electrons. The molecular weight excluding hydrogens is 373 g/mol. The van der Waals surface area contributed by atoms with Crippen LogP contribution in [0.15, 0.2) is 36.8 Å². The number of carbonyl (C=O) groups is 1. The van der Waals surface area contributed by atoms with Gasteiger partial charge in [-0.05, 0) is 38.8 Å². The van der Waals surface area contributed by atoms with Gasteiger partial charge in [-0.3, -0.25) is 9.48 Å². The fourth-order valence-corrected chi connectivity index (χ4v) is 2.72. The van der Waals surface area contributed by atoms with E-state index in [9.17, 15) is 9.18 Å². The van der Waals surface area contributed by atoms with Gasteiger partial charge in [-0.1, -0.05) is 19.1 Å². The lowest BCUT2D eigenvalue weighted by molar-refractivity contribution is 0.100. The second kappa shape index (κ2) is 7.86. The molecule has 3 rings (SSSR count). The van der Waals surface area contributed by atoms with Crippen LogP contribution >= 0.6 is 0 Å². The van der Waals surface area contributed by atoms with E-state index < -0.39 is 11.7 Å². The van der Waals surface area contributed by atoms with Gasteiger partial charge in [0.1, 0.15) is 17.2 Å². The Labute approximate surface area is 168 Å². The van der Waals surface area contributed by atoms with Gasteiger partial charge in [0, 0.05) is 12.4 Å². The number of nitrogens with zero attached hydrogens (tertiary/aromatic N) is 4. The molecule has 1 amide bonds. The maximum Gasteiger partial charge on any atom is 0.254 e. The zero-order chi connectivity index (χ0) is 21.2. The van der Waals surface area contributed by atoms with Crippen LogP contribution in [0.5, 0.6) is 0 Å². The Morgan fingerprint density at radius 1 is 1.24 bits per heavy atom. The largest absolute Gasteiger partial charge is 0.365 e. The van der Waals surface area contributed by atoms with Crippen LogP contribution in [0.3, 0.4) is 0 Å². The number of carbonyl (C=O) groups excluding carboxylic acids is 1. The summed E-state index contributed by atoms with van der Waals surface area (Å²) >= 11 is 0. The van der Waals surface area contributed by atoms with Crippen LogP contribution in [-0.4, -0.2) is 25.7 Å². The number of benzene rings is 1. The van der Waals surface area contributed by atoms with Gasteiger partial charge in [0.15, 0.2) is 0 Å². The van der Waals surface area contributed by atoms with Crippen molar-refractivity contribution in [2.45, 2.75) is 39.7 Å². The van der Waals surface area contributed by atoms with Crippen LogP contribution in [0.4, 0.5) is 27.5 Å². The molecule has 1 aromatic carbocycles. The summed E-state index contributed by atoms with van der Waals surface area (Å²) in [6, 6.07) is 4.78. The maximum atomic E-state index is 14.4. The average molecular weight is 397 g/mol. The Balaban J connectivity index is 1.95. The Kier molecular flexibility index (Phi) is 5.49. The van der Waals surface area contributed by atoms with Crippen LogP contribution in [0.2, 0.25) is 0 Å². The molecule has 0 aliphatic carbocycles. The lowest BCUT2D eigenvalue weighted by Crippen LogP contribution is -2.21. The van der Waals surface area contributed by atoms with Crippen molar-refractivity contribution < 1.29 is 9.18 Å². The zero-order valence-electron chi connectivity index (χ0n) is 16.8. The van der Waals surface area contributed by atoms with Gasteiger partial charge in [0.25, 0.3) is 5.91 Å². The molecule has 8 nitrogen and oxygen atoms in total. The van der Waals surface area contributed by atoms with Gasteiger partial charge in [-0.25, -0.2) is 9.37 Å². The van der Waals surface area contributed by atoms with E-state index in [1.54, 1.807) is 23.0 Å². The van der Waals surface area contributed by atoms with Crippen molar-refractivity contribution in [1.82, 2.24) is 19.7 Å². The number of nitrogens with two attached hydrogens (primary N) is 1. The second-order valence-corrected chi connectivity index (χ2v) is 7.54. The highest BCUT2D eigenvalue weighted by atomic mass is 19.1. The van der Waals surface area contributed by atoms with Crippen LogP contribution in [0.25, 0.3) is 0 Å². The minimum Gasteiger partial charge on any atom is -0.365 e. The SMILES string of the molecule is CCc1cccc(F)c1Nc1nc(Nc2cnn(C(C)(C)C)c2)ncc1C(N)=O. The monoisotopic (exact) mass is 397 g/mol. The molecule has 0 spiro atoms. The Morgan fingerprint density at radius 3 is 2.62 bits per heavy atom. The van der Waals surface area contributed by atoms with E-state index in [-0.39, 0.29) is 28.6 Å². The van der Waals surface area contributed by atoms with Gasteiger partial charge in [0.2, 0.25) is 5.95 Å². The van der Waals surface area contributed by atoms with E-state index in [1.165, 1.54) is 12.3 Å². The molecule has 0 saturated carbocycles. The third-order valence-electron chi connectivity index (χ3n) is 4.30. The highest BCUT2D eigenvalue weighted by Crippen LogP contribution is 2.27. The Hall–Kier alpha value is -3.49. The summed E-state index contributed by atoms with van der Waals surface area (Å²) in [5.74, 6) is -0.813. The molecule has 4 N–H and O–H groups in total. The number of nitrogens with one attached hydrogen (secondary N) is 2. The Bertz CT molecular complexity index is 1040. The number of anilines is 4. The summed E-state index contributed by atoms with van der Waals surface area (Å²) in [5.41, 5.74) is 7.01. The minimum atomic E-state index is -0.714. The Morgan fingerprint density at radius 2 is 2.00 bits per heavy atom. The summed E-state index contributed by atoms with van der Waals surface area (Å²) in [6.45, 7) is 8.01. The quantitative estimate of drug-likeness (QED) is 0.585. The van der Waals surface area contributed by atoms with Gasteiger partial charge >= 0.3 is 0 Å². The highest BCUT2D eigenvalue weighted by Gasteiger charge is 2.17. The molecule has 29 heavy (non-hydrogen) atoms. The molecule has 0 saturated heterocycles. The average Bonchev–Trinajstić information content (AvgIpc) is 3.12. The smallest absolute Gasteiger partial charge is 0.254 e. The third kappa shape index (κ3) is 4.50. The molecule has 2 heterocycles. The van der Waals surface area contributed by atoms with E-state index in [0.29, 0.717) is 12.1 Å². The molecule has 9 heteroatoms. The van der Waals surface area contributed by atoms with E-state index >= 15 is 0 Å². The summed E-state index contributed by atoms with van der Waals surface area (Å²) in [6.07, 6.45) is 5.38. The summed E-state index contributed by atoms with van der Waals surface area (Å²) in [4.78, 5) is 20.3. The number of para-hydroxylation sites is 1. The molecule has 0 bridgehead atoms. The maximum absolute atomic E-state index is 14.4. The first-order valence-electron chi connectivity index (χ1n) is 9.22. The third-order valence-corrected chi connectivity index (χ3v) is 4.30.